The first kappa shape index (κ1) is 16.3. The number of rotatable bonds is 2. The van der Waals surface area contributed by atoms with Crippen LogP contribution in [0.1, 0.15) is 5.56 Å². The maximum atomic E-state index is 11.3. The van der Waals surface area contributed by atoms with Crippen LogP contribution in [0.25, 0.3) is 0 Å². The van der Waals surface area contributed by atoms with Crippen LogP contribution in [0.2, 0.25) is 0 Å². The third kappa shape index (κ3) is 6.48. The second-order valence-corrected chi connectivity index (χ2v) is 4.73. The van der Waals surface area contributed by atoms with Gasteiger partial charge in [-0.05, 0) is 31.2 Å². The highest BCUT2D eigenvalue weighted by atomic mass is 16.7. The van der Waals surface area contributed by atoms with Gasteiger partial charge in [0.15, 0.2) is 0 Å². The van der Waals surface area contributed by atoms with Gasteiger partial charge in [0, 0.05) is 0 Å². The monoisotopic (exact) mass is 306 g/mol. The summed E-state index contributed by atoms with van der Waals surface area (Å²) >= 11 is 0. The molecule has 0 saturated heterocycles. The van der Waals surface area contributed by atoms with Crippen LogP contribution in [-0.2, 0) is 0 Å². The van der Waals surface area contributed by atoms with E-state index < -0.39 is 6.16 Å². The van der Waals surface area contributed by atoms with Gasteiger partial charge in [-0.15, -0.1) is 0 Å². The van der Waals surface area contributed by atoms with Crippen molar-refractivity contribution in [1.82, 2.24) is 0 Å². The van der Waals surface area contributed by atoms with Gasteiger partial charge in [0.25, 0.3) is 0 Å². The molecule has 0 aromatic heterocycles. The summed E-state index contributed by atoms with van der Waals surface area (Å²) in [4.78, 5) is 11.3. The van der Waals surface area contributed by atoms with Crippen LogP contribution in [0, 0.1) is 6.92 Å². The first-order valence-corrected chi connectivity index (χ1v) is 7.25. The van der Waals surface area contributed by atoms with Gasteiger partial charge in [0.2, 0.25) is 0 Å². The lowest BCUT2D eigenvalue weighted by Gasteiger charge is -2.04. The lowest BCUT2D eigenvalue weighted by atomic mass is 10.2. The van der Waals surface area contributed by atoms with Crippen molar-refractivity contribution in [3.05, 3.63) is 96.6 Å². The van der Waals surface area contributed by atoms with Crippen LogP contribution in [0.15, 0.2) is 91.0 Å². The Bertz CT molecular complexity index is 651. The zero-order valence-electron chi connectivity index (χ0n) is 12.9. The van der Waals surface area contributed by atoms with E-state index in [0.717, 1.165) is 0 Å². The number of carbonyl (C=O) groups is 1. The quantitative estimate of drug-likeness (QED) is 0.478. The summed E-state index contributed by atoms with van der Waals surface area (Å²) in [5, 5.41) is 0. The predicted octanol–water partition coefficient (Wildman–Crippen LogP) is 5.26. The molecular weight excluding hydrogens is 288 g/mol. The van der Waals surface area contributed by atoms with Crippen molar-refractivity contribution in [3.63, 3.8) is 0 Å². The molecule has 0 amide bonds. The lowest BCUT2D eigenvalue weighted by Crippen LogP contribution is -2.13. The molecule has 0 unspecified atom stereocenters. The van der Waals surface area contributed by atoms with E-state index in [-0.39, 0.29) is 0 Å². The number of hydrogen-bond acceptors (Lipinski definition) is 3. The summed E-state index contributed by atoms with van der Waals surface area (Å²) in [5.74, 6) is 0.923. The maximum Gasteiger partial charge on any atom is 0.519 e. The third-order valence-corrected chi connectivity index (χ3v) is 2.83. The Morgan fingerprint density at radius 2 is 0.957 bits per heavy atom. The number of carbonyl (C=O) groups excluding carboxylic acids is 1. The Morgan fingerprint density at radius 1 is 0.609 bits per heavy atom. The van der Waals surface area contributed by atoms with Crippen molar-refractivity contribution < 1.29 is 14.3 Å². The van der Waals surface area contributed by atoms with Crippen molar-refractivity contribution in [1.29, 1.82) is 0 Å². The minimum Gasteiger partial charge on any atom is -0.395 e. The van der Waals surface area contributed by atoms with E-state index in [1.165, 1.54) is 5.56 Å². The molecular formula is C20H18O3. The smallest absolute Gasteiger partial charge is 0.395 e. The number of para-hydroxylation sites is 2. The standard InChI is InChI=1S/C13H10O3.C7H8/c14-13(15-11-7-3-1-4-8-11)16-12-9-5-2-6-10-12;1-7-5-3-2-4-6-7/h1-10H;2-6H,1H3. The number of ether oxygens (including phenoxy) is 2. The van der Waals surface area contributed by atoms with E-state index in [1.54, 1.807) is 48.5 Å². The molecule has 0 N–H and O–H groups in total. The van der Waals surface area contributed by atoms with Gasteiger partial charge in [-0.25, -0.2) is 4.79 Å². The minimum atomic E-state index is -0.739. The van der Waals surface area contributed by atoms with Gasteiger partial charge in [0.1, 0.15) is 11.5 Å². The fourth-order valence-corrected chi connectivity index (χ4v) is 1.72. The Labute approximate surface area is 136 Å². The van der Waals surface area contributed by atoms with E-state index in [0.29, 0.717) is 11.5 Å². The maximum absolute atomic E-state index is 11.3. The van der Waals surface area contributed by atoms with Crippen molar-refractivity contribution >= 4 is 6.16 Å². The van der Waals surface area contributed by atoms with Gasteiger partial charge in [0.05, 0.1) is 0 Å². The van der Waals surface area contributed by atoms with Crippen molar-refractivity contribution in [2.75, 3.05) is 0 Å². The molecule has 0 radical (unpaired) electrons. The average molecular weight is 306 g/mol. The highest BCUT2D eigenvalue weighted by Gasteiger charge is 2.06. The number of aryl methyl sites for hydroxylation is 1. The highest BCUT2D eigenvalue weighted by molar-refractivity contribution is 5.66. The van der Waals surface area contributed by atoms with Gasteiger partial charge >= 0.3 is 6.16 Å². The lowest BCUT2D eigenvalue weighted by molar-refractivity contribution is 0.152. The van der Waals surface area contributed by atoms with Gasteiger partial charge in [-0.3, -0.25) is 0 Å². The zero-order valence-corrected chi connectivity index (χ0v) is 12.9. The van der Waals surface area contributed by atoms with E-state index >= 15 is 0 Å². The molecule has 0 atom stereocenters. The topological polar surface area (TPSA) is 35.5 Å². The summed E-state index contributed by atoms with van der Waals surface area (Å²) in [6, 6.07) is 27.8. The van der Waals surface area contributed by atoms with Crippen molar-refractivity contribution in [2.45, 2.75) is 6.92 Å². The molecule has 0 bridgehead atoms. The summed E-state index contributed by atoms with van der Waals surface area (Å²) in [5.41, 5.74) is 1.32. The molecule has 0 aliphatic rings. The minimum absolute atomic E-state index is 0.462. The molecule has 3 nitrogen and oxygen atoms in total. The van der Waals surface area contributed by atoms with Crippen LogP contribution in [0.3, 0.4) is 0 Å². The Balaban J connectivity index is 0.000000229. The van der Waals surface area contributed by atoms with Crippen molar-refractivity contribution in [3.8, 4) is 11.5 Å². The summed E-state index contributed by atoms with van der Waals surface area (Å²) < 4.78 is 9.91. The zero-order chi connectivity index (χ0) is 16.3. The molecule has 23 heavy (non-hydrogen) atoms. The second kappa shape index (κ2) is 9.05. The SMILES string of the molecule is Cc1ccccc1.O=C(Oc1ccccc1)Oc1ccccc1. The van der Waals surface area contributed by atoms with Crippen LogP contribution in [-0.4, -0.2) is 6.16 Å². The molecule has 3 heteroatoms. The largest absolute Gasteiger partial charge is 0.519 e. The molecule has 0 heterocycles. The van der Waals surface area contributed by atoms with E-state index in [2.05, 4.69) is 19.1 Å². The first-order valence-electron chi connectivity index (χ1n) is 7.25. The third-order valence-electron chi connectivity index (χ3n) is 2.83. The van der Waals surface area contributed by atoms with Gasteiger partial charge in [-0.1, -0.05) is 72.3 Å². The molecule has 0 fully saturated rings. The first-order chi connectivity index (χ1) is 11.2. The Morgan fingerprint density at radius 3 is 1.26 bits per heavy atom. The van der Waals surface area contributed by atoms with Crippen molar-refractivity contribution in [2.24, 2.45) is 0 Å². The highest BCUT2D eigenvalue weighted by Crippen LogP contribution is 2.12. The molecule has 3 aromatic carbocycles. The molecule has 116 valence electrons. The molecule has 3 rings (SSSR count). The summed E-state index contributed by atoms with van der Waals surface area (Å²) in [6.45, 7) is 2.08. The molecule has 0 aliphatic carbocycles. The number of benzene rings is 3. The second-order valence-electron chi connectivity index (χ2n) is 4.73. The molecule has 0 aliphatic heterocycles. The normalized spacial score (nSPS) is 9.26. The van der Waals surface area contributed by atoms with Gasteiger partial charge < -0.3 is 9.47 Å². The molecule has 0 saturated carbocycles. The Hall–Kier alpha value is -3.07. The van der Waals surface area contributed by atoms with Crippen LogP contribution < -0.4 is 9.47 Å². The molecule has 0 spiro atoms. The number of hydrogen-bond donors (Lipinski definition) is 0. The van der Waals surface area contributed by atoms with E-state index in [9.17, 15) is 4.79 Å². The van der Waals surface area contributed by atoms with Gasteiger partial charge in [-0.2, -0.15) is 0 Å². The van der Waals surface area contributed by atoms with Crippen LogP contribution in [0.5, 0.6) is 11.5 Å². The Kier molecular flexibility index (Phi) is 6.42. The molecule has 3 aromatic rings. The summed E-state index contributed by atoms with van der Waals surface area (Å²) in [7, 11) is 0. The summed E-state index contributed by atoms with van der Waals surface area (Å²) in [6.07, 6.45) is -0.739. The van der Waals surface area contributed by atoms with Crippen LogP contribution >= 0.6 is 0 Å². The van der Waals surface area contributed by atoms with E-state index in [1.807, 2.05) is 30.3 Å². The van der Waals surface area contributed by atoms with Crippen LogP contribution in [0.4, 0.5) is 4.79 Å². The fraction of sp³-hybridized carbons (Fsp3) is 0.0500. The average Bonchev–Trinajstić information content (AvgIpc) is 2.58. The fourth-order valence-electron chi connectivity index (χ4n) is 1.72. The predicted molar refractivity (Wildman–Crippen MR) is 90.7 cm³/mol. The van der Waals surface area contributed by atoms with E-state index in [4.69, 9.17) is 9.47 Å².